The Bertz CT molecular complexity index is 1590. The lowest BCUT2D eigenvalue weighted by Crippen LogP contribution is -2.66. The van der Waals surface area contributed by atoms with Gasteiger partial charge in [0.15, 0.2) is 9.84 Å². The van der Waals surface area contributed by atoms with Crippen LogP contribution in [0.1, 0.15) is 58.9 Å². The zero-order chi connectivity index (χ0) is 32.2. The van der Waals surface area contributed by atoms with Gasteiger partial charge in [0.05, 0.1) is 23.7 Å². The number of benzene rings is 3. The Morgan fingerprint density at radius 2 is 1.64 bits per heavy atom. The SMILES string of the molecule is CCC/C(=C\c1cccc(O)c1)CC[C@H]1OB(O)C[C@H]2C1=C(CO[Si](c1ccccc1)(c1ccccc1)C(C)(C)C)CS2(=O)=O. The van der Waals surface area contributed by atoms with Crippen LogP contribution in [0.4, 0.5) is 0 Å². The van der Waals surface area contributed by atoms with Crippen LogP contribution in [0.25, 0.3) is 6.08 Å². The summed E-state index contributed by atoms with van der Waals surface area (Å²) in [5, 5.41) is 21.9. The van der Waals surface area contributed by atoms with Crippen molar-refractivity contribution in [2.45, 2.75) is 76.1 Å². The van der Waals surface area contributed by atoms with Gasteiger partial charge in [0, 0.05) is 6.32 Å². The summed E-state index contributed by atoms with van der Waals surface area (Å²) in [5.74, 6) is 0.131. The summed E-state index contributed by atoms with van der Waals surface area (Å²) in [4.78, 5) is 0. The number of phenolic OH excluding ortho intramolecular Hbond substituents is 1. The van der Waals surface area contributed by atoms with Crippen molar-refractivity contribution in [1.29, 1.82) is 0 Å². The van der Waals surface area contributed by atoms with E-state index in [1.807, 2.05) is 48.5 Å². The second-order valence-corrected chi connectivity index (χ2v) is 19.8. The highest BCUT2D eigenvalue weighted by atomic mass is 32.2. The van der Waals surface area contributed by atoms with Gasteiger partial charge in [-0.1, -0.05) is 119 Å². The molecule has 0 saturated carbocycles. The normalized spacial score (nSPS) is 20.4. The molecule has 5 rings (SSSR count). The molecule has 2 atom stereocenters. The number of rotatable bonds is 11. The van der Waals surface area contributed by atoms with Gasteiger partial charge in [-0.2, -0.15) is 0 Å². The second kappa shape index (κ2) is 13.8. The van der Waals surface area contributed by atoms with Crippen molar-refractivity contribution in [3.05, 3.63) is 107 Å². The van der Waals surface area contributed by atoms with Crippen molar-refractivity contribution in [3.63, 3.8) is 0 Å². The smallest absolute Gasteiger partial charge is 0.456 e. The van der Waals surface area contributed by atoms with Gasteiger partial charge in [0.25, 0.3) is 8.32 Å². The van der Waals surface area contributed by atoms with Gasteiger partial charge in [-0.25, -0.2) is 8.42 Å². The predicted octanol–water partition coefficient (Wildman–Crippen LogP) is 5.91. The second-order valence-electron chi connectivity index (χ2n) is 13.3. The zero-order valence-electron chi connectivity index (χ0n) is 26.8. The van der Waals surface area contributed by atoms with Gasteiger partial charge >= 0.3 is 7.12 Å². The third kappa shape index (κ3) is 7.23. The predicted molar refractivity (Wildman–Crippen MR) is 186 cm³/mol. The van der Waals surface area contributed by atoms with Gasteiger partial charge in [0.1, 0.15) is 5.75 Å². The van der Waals surface area contributed by atoms with Crippen molar-refractivity contribution in [2.75, 3.05) is 12.4 Å². The maximum absolute atomic E-state index is 13.6. The lowest BCUT2D eigenvalue weighted by atomic mass is 9.74. The molecule has 0 aromatic heterocycles. The van der Waals surface area contributed by atoms with Crippen LogP contribution in [-0.4, -0.2) is 57.7 Å². The van der Waals surface area contributed by atoms with E-state index >= 15 is 0 Å². The average Bonchev–Trinajstić information content (AvgIpc) is 3.26. The van der Waals surface area contributed by atoms with Gasteiger partial charge in [-0.3, -0.25) is 0 Å². The topological polar surface area (TPSA) is 93.1 Å². The summed E-state index contributed by atoms with van der Waals surface area (Å²) >= 11 is 0. The minimum absolute atomic E-state index is 0.0395. The van der Waals surface area contributed by atoms with Crippen molar-refractivity contribution >= 4 is 41.7 Å². The summed E-state index contributed by atoms with van der Waals surface area (Å²) in [6.45, 7) is 8.95. The van der Waals surface area contributed by atoms with Crippen LogP contribution >= 0.6 is 0 Å². The van der Waals surface area contributed by atoms with E-state index in [0.29, 0.717) is 12.8 Å². The molecule has 3 aromatic carbocycles. The van der Waals surface area contributed by atoms with Crippen molar-refractivity contribution in [3.8, 4) is 5.75 Å². The van der Waals surface area contributed by atoms with Gasteiger partial charge in [0.2, 0.25) is 0 Å². The summed E-state index contributed by atoms with van der Waals surface area (Å²) in [6.07, 6.45) is 4.65. The monoisotopic (exact) mass is 644 g/mol. The lowest BCUT2D eigenvalue weighted by molar-refractivity contribution is 0.168. The van der Waals surface area contributed by atoms with E-state index < -0.39 is 36.6 Å². The van der Waals surface area contributed by atoms with Crippen molar-refractivity contribution in [2.24, 2.45) is 0 Å². The quantitative estimate of drug-likeness (QED) is 0.199. The van der Waals surface area contributed by atoms with Crippen LogP contribution in [0.3, 0.4) is 0 Å². The van der Waals surface area contributed by atoms with Crippen LogP contribution < -0.4 is 10.4 Å². The Morgan fingerprint density at radius 1 is 1.00 bits per heavy atom. The average molecular weight is 645 g/mol. The molecule has 2 heterocycles. The Hall–Kier alpha value is -2.95. The number of phenols is 1. The lowest BCUT2D eigenvalue weighted by Gasteiger charge is -2.43. The van der Waals surface area contributed by atoms with E-state index in [0.717, 1.165) is 39.9 Å². The van der Waals surface area contributed by atoms with Crippen LogP contribution in [0.2, 0.25) is 11.4 Å². The van der Waals surface area contributed by atoms with Crippen LogP contribution in [0.5, 0.6) is 5.75 Å². The molecule has 0 unspecified atom stereocenters. The third-order valence-electron chi connectivity index (χ3n) is 9.07. The number of fused-ring (bicyclic) bond motifs is 1. The molecule has 238 valence electrons. The van der Waals surface area contributed by atoms with Crippen LogP contribution in [0, 0.1) is 0 Å². The molecular weight excluding hydrogens is 599 g/mol. The highest BCUT2D eigenvalue weighted by Crippen LogP contribution is 2.42. The first-order chi connectivity index (χ1) is 21.4. The highest BCUT2D eigenvalue weighted by molar-refractivity contribution is 7.92. The molecule has 6 nitrogen and oxygen atoms in total. The van der Waals surface area contributed by atoms with E-state index in [-0.39, 0.29) is 29.5 Å². The molecule has 3 aromatic rings. The molecule has 0 radical (unpaired) electrons. The van der Waals surface area contributed by atoms with E-state index in [1.54, 1.807) is 12.1 Å². The molecule has 1 saturated heterocycles. The Kier molecular flexibility index (Phi) is 10.3. The zero-order valence-corrected chi connectivity index (χ0v) is 28.6. The third-order valence-corrected chi connectivity index (χ3v) is 16.1. The highest BCUT2D eigenvalue weighted by Gasteiger charge is 2.52. The minimum Gasteiger partial charge on any atom is -0.508 e. The number of hydrogen-bond donors (Lipinski definition) is 2. The molecule has 0 spiro atoms. The Balaban J connectivity index is 1.50. The first-order valence-corrected chi connectivity index (χ1v) is 19.6. The summed E-state index contributed by atoms with van der Waals surface area (Å²) in [7, 11) is -7.56. The van der Waals surface area contributed by atoms with E-state index in [2.05, 4.69) is 58.0 Å². The fraction of sp³-hybridized carbons (Fsp3) is 0.389. The summed E-state index contributed by atoms with van der Waals surface area (Å²) in [5.41, 5.74) is 3.64. The Morgan fingerprint density at radius 3 is 2.22 bits per heavy atom. The maximum atomic E-state index is 13.6. The molecule has 0 aliphatic carbocycles. The van der Waals surface area contributed by atoms with Gasteiger partial charge in [-0.15, -0.1) is 0 Å². The summed E-state index contributed by atoms with van der Waals surface area (Å²) < 4.78 is 40.5. The van der Waals surface area contributed by atoms with Crippen molar-refractivity contribution in [1.82, 2.24) is 0 Å². The molecule has 1 fully saturated rings. The maximum Gasteiger partial charge on any atom is 0.456 e. The molecule has 0 amide bonds. The first-order valence-electron chi connectivity index (χ1n) is 15.9. The van der Waals surface area contributed by atoms with Gasteiger partial charge in [-0.05, 0) is 63.5 Å². The van der Waals surface area contributed by atoms with Crippen LogP contribution in [0.15, 0.2) is 102 Å². The number of aromatic hydroxyl groups is 1. The Labute approximate surface area is 270 Å². The number of hydrogen-bond acceptors (Lipinski definition) is 6. The molecule has 9 heteroatoms. The fourth-order valence-electron chi connectivity index (χ4n) is 7.12. The van der Waals surface area contributed by atoms with E-state index in [1.165, 1.54) is 5.57 Å². The summed E-state index contributed by atoms with van der Waals surface area (Å²) in [6, 6.07) is 27.9. The standard InChI is InChI=1S/C36H45BO6SSi/c1-5-13-27(22-28-14-12-15-30(38)23-28)20-21-33-35-29(26-44(40,41)34(35)24-37(39)43-33)25-42-45(36(2,3)4,31-16-8-6-9-17-31)32-18-10-7-11-19-32/h6-12,14-19,22-23,33-34,38-39H,5,13,20-21,24-26H2,1-4H3/b27-22+/t33-,34+/m1/s1. The van der Waals surface area contributed by atoms with Crippen molar-refractivity contribution < 1.29 is 27.6 Å². The largest absolute Gasteiger partial charge is 0.508 e. The van der Waals surface area contributed by atoms with Crippen LogP contribution in [-0.2, 0) is 18.9 Å². The number of sulfone groups is 1. The molecule has 2 aliphatic rings. The molecule has 45 heavy (non-hydrogen) atoms. The number of allylic oxidation sites excluding steroid dienone is 1. The fourth-order valence-corrected chi connectivity index (χ4v) is 13.8. The minimum atomic E-state index is -3.52. The van der Waals surface area contributed by atoms with Gasteiger partial charge < -0.3 is 19.2 Å². The first kappa shape index (κ1) is 33.4. The molecule has 2 aliphatic heterocycles. The van der Waals surface area contributed by atoms with E-state index in [9.17, 15) is 18.5 Å². The molecular formula is C36H45BO6SSi. The van der Waals surface area contributed by atoms with E-state index in [4.69, 9.17) is 9.08 Å². The molecule has 2 N–H and O–H groups in total. The molecule has 0 bridgehead atoms.